The second kappa shape index (κ2) is 8.20. The molecule has 1 aromatic heterocycles. The van der Waals surface area contributed by atoms with Crippen molar-refractivity contribution in [3.8, 4) is 11.8 Å². The molecule has 2 fully saturated rings. The number of nitrogens with one attached hydrogen (secondary N) is 1. The predicted molar refractivity (Wildman–Crippen MR) is 96.1 cm³/mol. The van der Waals surface area contributed by atoms with Gasteiger partial charge in [0.1, 0.15) is 5.15 Å². The first-order chi connectivity index (χ1) is 11.7. The summed E-state index contributed by atoms with van der Waals surface area (Å²) in [5.41, 5.74) is 1.85. The summed E-state index contributed by atoms with van der Waals surface area (Å²) in [6.45, 7) is 3.16. The molecule has 1 aliphatic heterocycles. The Kier molecular flexibility index (Phi) is 5.99. The van der Waals surface area contributed by atoms with Crippen LogP contribution in [0.1, 0.15) is 44.6 Å². The minimum atomic E-state index is 0.197. The summed E-state index contributed by atoms with van der Waals surface area (Å²) in [5.74, 6) is 7.34. The van der Waals surface area contributed by atoms with E-state index in [1.807, 2.05) is 6.07 Å². The van der Waals surface area contributed by atoms with Gasteiger partial charge in [-0.2, -0.15) is 0 Å². The molecule has 2 N–H and O–H groups in total. The molecule has 0 aromatic carbocycles. The Morgan fingerprint density at radius 3 is 2.79 bits per heavy atom. The standard InChI is InChI=1S/C19H25ClN2O2/c1-13-15(8-9-24-13)4-5-16-11-21-19(20)10-18(16)22-17-6-2-14(12-23)3-7-17/h10-11,13-15,17,23H,2-3,6-9,12H2,1H3,(H,21,22). The number of ether oxygens (including phenoxy) is 1. The van der Waals surface area contributed by atoms with Crippen molar-refractivity contribution in [3.63, 3.8) is 0 Å². The maximum atomic E-state index is 9.27. The summed E-state index contributed by atoms with van der Waals surface area (Å²) < 4.78 is 5.57. The van der Waals surface area contributed by atoms with E-state index in [1.165, 1.54) is 0 Å². The van der Waals surface area contributed by atoms with Gasteiger partial charge in [-0.1, -0.05) is 23.4 Å². The Morgan fingerprint density at radius 2 is 2.12 bits per heavy atom. The molecule has 0 spiro atoms. The lowest BCUT2D eigenvalue weighted by atomic mass is 9.86. The quantitative estimate of drug-likeness (QED) is 0.648. The molecule has 1 aromatic rings. The highest BCUT2D eigenvalue weighted by atomic mass is 35.5. The minimum absolute atomic E-state index is 0.197. The van der Waals surface area contributed by atoms with Crippen molar-refractivity contribution in [2.45, 2.75) is 51.2 Å². The van der Waals surface area contributed by atoms with E-state index in [4.69, 9.17) is 16.3 Å². The second-order valence-corrected chi connectivity index (χ2v) is 7.22. The van der Waals surface area contributed by atoms with Crippen LogP contribution < -0.4 is 5.32 Å². The highest BCUT2D eigenvalue weighted by Crippen LogP contribution is 2.28. The third-order valence-electron chi connectivity index (χ3n) is 5.10. The highest BCUT2D eigenvalue weighted by Gasteiger charge is 2.23. The lowest BCUT2D eigenvalue weighted by Crippen LogP contribution is -2.27. The summed E-state index contributed by atoms with van der Waals surface area (Å²) in [6.07, 6.45) is 7.18. The zero-order valence-electron chi connectivity index (χ0n) is 14.1. The number of pyridine rings is 1. The average molecular weight is 349 g/mol. The van der Waals surface area contributed by atoms with Crippen LogP contribution in [0.25, 0.3) is 0 Å². The number of hydrogen-bond donors (Lipinski definition) is 2. The molecule has 1 aliphatic carbocycles. The van der Waals surface area contributed by atoms with Crippen molar-refractivity contribution in [1.82, 2.24) is 4.98 Å². The number of aromatic nitrogens is 1. The zero-order valence-corrected chi connectivity index (χ0v) is 14.9. The first kappa shape index (κ1) is 17.5. The van der Waals surface area contributed by atoms with Gasteiger partial charge < -0.3 is 15.2 Å². The predicted octanol–water partition coefficient (Wildman–Crippen LogP) is 3.47. The van der Waals surface area contributed by atoms with Crippen LogP contribution in [0.3, 0.4) is 0 Å². The number of hydrogen-bond acceptors (Lipinski definition) is 4. The van der Waals surface area contributed by atoms with Gasteiger partial charge in [-0.3, -0.25) is 0 Å². The molecule has 24 heavy (non-hydrogen) atoms. The minimum Gasteiger partial charge on any atom is -0.396 e. The van der Waals surface area contributed by atoms with E-state index in [1.54, 1.807) is 6.20 Å². The first-order valence-electron chi connectivity index (χ1n) is 8.81. The van der Waals surface area contributed by atoms with Crippen LogP contribution in [0.5, 0.6) is 0 Å². The number of rotatable bonds is 3. The van der Waals surface area contributed by atoms with Crippen LogP contribution in [0, 0.1) is 23.7 Å². The van der Waals surface area contributed by atoms with Crippen molar-refractivity contribution in [1.29, 1.82) is 0 Å². The maximum Gasteiger partial charge on any atom is 0.131 e. The monoisotopic (exact) mass is 348 g/mol. The van der Waals surface area contributed by atoms with Crippen LogP contribution >= 0.6 is 11.6 Å². The van der Waals surface area contributed by atoms with Gasteiger partial charge in [0.25, 0.3) is 0 Å². The third-order valence-corrected chi connectivity index (χ3v) is 5.31. The largest absolute Gasteiger partial charge is 0.396 e. The lowest BCUT2D eigenvalue weighted by Gasteiger charge is -2.29. The van der Waals surface area contributed by atoms with Gasteiger partial charge in [0.05, 0.1) is 17.4 Å². The number of aliphatic hydroxyl groups excluding tert-OH is 1. The van der Waals surface area contributed by atoms with Crippen LogP contribution in [-0.4, -0.2) is 35.5 Å². The Bertz CT molecular complexity index is 618. The molecule has 3 rings (SSSR count). The molecule has 0 radical (unpaired) electrons. The number of halogens is 1. The van der Waals surface area contributed by atoms with Crippen molar-refractivity contribution < 1.29 is 9.84 Å². The summed E-state index contributed by atoms with van der Waals surface area (Å²) in [4.78, 5) is 4.18. The molecular formula is C19H25ClN2O2. The van der Waals surface area contributed by atoms with Crippen molar-refractivity contribution in [2.24, 2.45) is 11.8 Å². The number of aliphatic hydroxyl groups is 1. The van der Waals surface area contributed by atoms with Crippen LogP contribution in [0.4, 0.5) is 5.69 Å². The van der Waals surface area contributed by atoms with Crippen molar-refractivity contribution in [2.75, 3.05) is 18.5 Å². The summed E-state index contributed by atoms with van der Waals surface area (Å²) in [6, 6.07) is 2.26. The SMILES string of the molecule is CC1OCCC1C#Cc1cnc(Cl)cc1NC1CCC(CO)CC1. The van der Waals surface area contributed by atoms with Gasteiger partial charge in [-0.05, 0) is 51.0 Å². The van der Waals surface area contributed by atoms with Crippen molar-refractivity contribution >= 4 is 17.3 Å². The highest BCUT2D eigenvalue weighted by molar-refractivity contribution is 6.29. The Hall–Kier alpha value is -1.28. The summed E-state index contributed by atoms with van der Waals surface area (Å²) in [5, 5.41) is 13.3. The van der Waals surface area contributed by atoms with Crippen LogP contribution in [0.15, 0.2) is 12.3 Å². The molecule has 4 nitrogen and oxygen atoms in total. The lowest BCUT2D eigenvalue weighted by molar-refractivity contribution is 0.115. The third kappa shape index (κ3) is 4.42. The van der Waals surface area contributed by atoms with E-state index in [0.717, 1.165) is 50.0 Å². The molecule has 130 valence electrons. The van der Waals surface area contributed by atoms with E-state index in [2.05, 4.69) is 29.1 Å². The molecule has 2 aliphatic rings. The van der Waals surface area contributed by atoms with Crippen LogP contribution in [-0.2, 0) is 4.74 Å². The zero-order chi connectivity index (χ0) is 16.9. The van der Waals surface area contributed by atoms with Gasteiger partial charge in [0.15, 0.2) is 0 Å². The fourth-order valence-corrected chi connectivity index (χ4v) is 3.61. The molecule has 0 bridgehead atoms. The van der Waals surface area contributed by atoms with E-state index in [-0.39, 0.29) is 12.0 Å². The fourth-order valence-electron chi connectivity index (χ4n) is 3.45. The Balaban J connectivity index is 1.71. The molecule has 2 unspecified atom stereocenters. The molecule has 2 heterocycles. The van der Waals surface area contributed by atoms with E-state index in [9.17, 15) is 5.11 Å². The second-order valence-electron chi connectivity index (χ2n) is 6.84. The summed E-state index contributed by atoms with van der Waals surface area (Å²) >= 11 is 6.08. The van der Waals surface area contributed by atoms with E-state index >= 15 is 0 Å². The fraction of sp³-hybridized carbons (Fsp3) is 0.632. The molecule has 2 atom stereocenters. The Labute approximate surface area is 149 Å². The van der Waals surface area contributed by atoms with Crippen molar-refractivity contribution in [3.05, 3.63) is 23.0 Å². The van der Waals surface area contributed by atoms with Gasteiger partial charge in [0, 0.05) is 31.4 Å². The number of nitrogens with zero attached hydrogens (tertiary/aromatic N) is 1. The molecule has 5 heteroatoms. The maximum absolute atomic E-state index is 9.27. The van der Waals surface area contributed by atoms with Crippen LogP contribution in [0.2, 0.25) is 5.15 Å². The summed E-state index contributed by atoms with van der Waals surface area (Å²) in [7, 11) is 0. The van der Waals surface area contributed by atoms with Gasteiger partial charge in [-0.15, -0.1) is 0 Å². The molecule has 1 saturated heterocycles. The van der Waals surface area contributed by atoms with Gasteiger partial charge in [-0.25, -0.2) is 4.98 Å². The number of anilines is 1. The molecule has 1 saturated carbocycles. The topological polar surface area (TPSA) is 54.4 Å². The molecular weight excluding hydrogens is 324 g/mol. The average Bonchev–Trinajstić information content (AvgIpc) is 3.00. The Morgan fingerprint density at radius 1 is 1.33 bits per heavy atom. The van der Waals surface area contributed by atoms with E-state index in [0.29, 0.717) is 23.7 Å². The van der Waals surface area contributed by atoms with Gasteiger partial charge in [0.2, 0.25) is 0 Å². The van der Waals surface area contributed by atoms with E-state index < -0.39 is 0 Å². The molecule has 0 amide bonds. The normalized spacial score (nSPS) is 29.8. The smallest absolute Gasteiger partial charge is 0.131 e. The first-order valence-corrected chi connectivity index (χ1v) is 9.19. The van der Waals surface area contributed by atoms with Gasteiger partial charge >= 0.3 is 0 Å².